The number of imidazole rings is 1. The molecule has 1 fully saturated rings. The van der Waals surface area contributed by atoms with Crippen LogP contribution in [-0.2, 0) is 13.0 Å². The van der Waals surface area contributed by atoms with Gasteiger partial charge in [-0.2, -0.15) is 0 Å². The van der Waals surface area contributed by atoms with Crippen LogP contribution in [0.25, 0.3) is 0 Å². The summed E-state index contributed by atoms with van der Waals surface area (Å²) in [6.07, 6.45) is 8.91. The van der Waals surface area contributed by atoms with Gasteiger partial charge in [-0.05, 0) is 39.5 Å². The van der Waals surface area contributed by atoms with E-state index in [1.165, 1.54) is 6.42 Å². The summed E-state index contributed by atoms with van der Waals surface area (Å²) in [5.41, 5.74) is 0. The van der Waals surface area contributed by atoms with Gasteiger partial charge in [0.15, 0.2) is 0 Å². The molecule has 2 aromatic heterocycles. The fourth-order valence-corrected chi connectivity index (χ4v) is 4.02. The number of nitrogens with one attached hydrogen (secondary N) is 1. The van der Waals surface area contributed by atoms with Crippen LogP contribution >= 0.6 is 11.3 Å². The van der Waals surface area contributed by atoms with E-state index in [1.807, 2.05) is 31.1 Å². The summed E-state index contributed by atoms with van der Waals surface area (Å²) in [5, 5.41) is 13.1. The van der Waals surface area contributed by atoms with Gasteiger partial charge in [-0.1, -0.05) is 0 Å². The van der Waals surface area contributed by atoms with Gasteiger partial charge < -0.3 is 14.8 Å². The van der Waals surface area contributed by atoms with E-state index in [0.717, 1.165) is 54.6 Å². The van der Waals surface area contributed by atoms with Crippen LogP contribution < -0.4 is 5.32 Å². The number of carbonyl (C=O) groups is 1. The van der Waals surface area contributed by atoms with Crippen molar-refractivity contribution in [3.63, 3.8) is 0 Å². The fourth-order valence-electron chi connectivity index (χ4n) is 3.31. The number of carbonyl (C=O) groups excluding carboxylic acids is 1. The first kappa shape index (κ1) is 17.8. The van der Waals surface area contributed by atoms with E-state index >= 15 is 0 Å². The molecular formula is C17H26N6OS. The second-order valence-electron chi connectivity index (χ2n) is 6.50. The highest BCUT2D eigenvalue weighted by atomic mass is 32.1. The molecular weight excluding hydrogens is 336 g/mol. The second-order valence-corrected chi connectivity index (χ2v) is 7.76. The Hall–Kier alpha value is -1.96. The van der Waals surface area contributed by atoms with Crippen molar-refractivity contribution >= 4 is 17.4 Å². The number of nitrogens with zero attached hydrogens (tertiary/aromatic N) is 5. The maximum Gasteiger partial charge on any atom is 0.317 e. The normalized spacial score (nSPS) is 17.7. The Morgan fingerprint density at radius 3 is 2.96 bits per heavy atom. The van der Waals surface area contributed by atoms with Gasteiger partial charge >= 0.3 is 6.03 Å². The van der Waals surface area contributed by atoms with Crippen LogP contribution in [0, 0.1) is 13.8 Å². The largest absolute Gasteiger partial charge is 0.338 e. The van der Waals surface area contributed by atoms with Crippen LogP contribution in [0.1, 0.15) is 41.5 Å². The third-order valence-corrected chi connectivity index (χ3v) is 5.60. The monoisotopic (exact) mass is 362 g/mol. The highest BCUT2D eigenvalue weighted by Crippen LogP contribution is 2.20. The number of aryl methyl sites for hydroxylation is 3. The van der Waals surface area contributed by atoms with Crippen LogP contribution in [0.2, 0.25) is 0 Å². The van der Waals surface area contributed by atoms with Crippen molar-refractivity contribution in [2.45, 2.75) is 58.5 Å². The summed E-state index contributed by atoms with van der Waals surface area (Å²) in [6.45, 7) is 6.32. The lowest BCUT2D eigenvalue weighted by Gasteiger charge is -2.36. The van der Waals surface area contributed by atoms with E-state index in [1.54, 1.807) is 11.3 Å². The second kappa shape index (κ2) is 8.42. The maximum atomic E-state index is 12.6. The van der Waals surface area contributed by atoms with Gasteiger partial charge in [-0.15, -0.1) is 21.5 Å². The van der Waals surface area contributed by atoms with E-state index in [2.05, 4.69) is 25.1 Å². The molecule has 1 aliphatic rings. The third kappa shape index (κ3) is 4.78. The molecule has 1 saturated heterocycles. The number of hydrogen-bond donors (Lipinski definition) is 1. The molecule has 0 aliphatic carbocycles. The lowest BCUT2D eigenvalue weighted by molar-refractivity contribution is 0.144. The zero-order valence-corrected chi connectivity index (χ0v) is 15.8. The quantitative estimate of drug-likeness (QED) is 0.857. The Bertz CT molecular complexity index is 697. The molecule has 0 spiro atoms. The molecule has 1 N–H and O–H groups in total. The van der Waals surface area contributed by atoms with Crippen molar-refractivity contribution in [2.75, 3.05) is 13.1 Å². The first-order chi connectivity index (χ1) is 12.1. The molecule has 25 heavy (non-hydrogen) atoms. The number of hydrogen-bond acceptors (Lipinski definition) is 5. The highest BCUT2D eigenvalue weighted by Gasteiger charge is 2.26. The SMILES string of the molecule is Cc1nnc(CCNC(=O)N2CCCC[C@@H]2CCn2ccnc2C)s1. The van der Waals surface area contributed by atoms with E-state index in [-0.39, 0.29) is 6.03 Å². The summed E-state index contributed by atoms with van der Waals surface area (Å²) in [4.78, 5) is 18.9. The molecule has 2 amide bonds. The van der Waals surface area contributed by atoms with Gasteiger partial charge in [-0.3, -0.25) is 0 Å². The van der Waals surface area contributed by atoms with Crippen LogP contribution in [0.4, 0.5) is 4.79 Å². The predicted molar refractivity (Wildman–Crippen MR) is 97.7 cm³/mol. The molecule has 1 aliphatic heterocycles. The zero-order chi connectivity index (χ0) is 17.6. The van der Waals surface area contributed by atoms with Crippen LogP contribution in [0.5, 0.6) is 0 Å². The van der Waals surface area contributed by atoms with Gasteiger partial charge in [-0.25, -0.2) is 9.78 Å². The first-order valence-corrected chi connectivity index (χ1v) is 9.76. The number of rotatable bonds is 6. The molecule has 1 atom stereocenters. The predicted octanol–water partition coefficient (Wildman–Crippen LogP) is 2.55. The number of amides is 2. The number of piperidine rings is 1. The van der Waals surface area contributed by atoms with Crippen molar-refractivity contribution < 1.29 is 4.79 Å². The standard InChI is InChI=1S/C17H26N6OS/c1-13-18-9-12-22(13)11-7-15-5-3-4-10-23(15)17(24)19-8-6-16-21-20-14(2)25-16/h9,12,15H,3-8,10-11H2,1-2H3,(H,19,24)/t15-/m1/s1. The van der Waals surface area contributed by atoms with Gasteiger partial charge in [0, 0.05) is 44.5 Å². The van der Waals surface area contributed by atoms with E-state index in [0.29, 0.717) is 12.6 Å². The lowest BCUT2D eigenvalue weighted by Crippen LogP contribution is -2.49. The lowest BCUT2D eigenvalue weighted by atomic mass is 9.99. The summed E-state index contributed by atoms with van der Waals surface area (Å²) in [7, 11) is 0. The number of urea groups is 1. The minimum Gasteiger partial charge on any atom is -0.338 e. The van der Waals surface area contributed by atoms with Crippen LogP contribution in [0.15, 0.2) is 12.4 Å². The van der Waals surface area contributed by atoms with Crippen molar-refractivity contribution in [3.05, 3.63) is 28.2 Å². The highest BCUT2D eigenvalue weighted by molar-refractivity contribution is 7.11. The molecule has 3 heterocycles. The van der Waals surface area contributed by atoms with Crippen molar-refractivity contribution in [1.82, 2.24) is 30.0 Å². The molecule has 0 unspecified atom stereocenters. The van der Waals surface area contributed by atoms with Crippen molar-refractivity contribution in [3.8, 4) is 0 Å². The molecule has 0 radical (unpaired) electrons. The third-order valence-electron chi connectivity index (χ3n) is 4.70. The molecule has 0 saturated carbocycles. The summed E-state index contributed by atoms with van der Waals surface area (Å²) >= 11 is 1.59. The van der Waals surface area contributed by atoms with Crippen LogP contribution in [-0.4, -0.2) is 49.8 Å². The molecule has 136 valence electrons. The van der Waals surface area contributed by atoms with Crippen LogP contribution in [0.3, 0.4) is 0 Å². The average molecular weight is 363 g/mol. The molecule has 3 rings (SSSR count). The molecule has 8 heteroatoms. The fraction of sp³-hybridized carbons (Fsp3) is 0.647. The van der Waals surface area contributed by atoms with Gasteiger partial charge in [0.1, 0.15) is 15.8 Å². The van der Waals surface area contributed by atoms with Crippen molar-refractivity contribution in [2.24, 2.45) is 0 Å². The molecule has 7 nitrogen and oxygen atoms in total. The van der Waals surface area contributed by atoms with E-state index in [9.17, 15) is 4.79 Å². The Morgan fingerprint density at radius 1 is 1.36 bits per heavy atom. The van der Waals surface area contributed by atoms with E-state index in [4.69, 9.17) is 0 Å². The molecule has 0 aromatic carbocycles. The number of likely N-dealkylation sites (tertiary alicyclic amines) is 1. The Morgan fingerprint density at radius 2 is 2.24 bits per heavy atom. The van der Waals surface area contributed by atoms with E-state index < -0.39 is 0 Å². The van der Waals surface area contributed by atoms with Gasteiger partial charge in [0.25, 0.3) is 0 Å². The molecule has 2 aromatic rings. The Kier molecular flexibility index (Phi) is 6.01. The minimum absolute atomic E-state index is 0.0493. The van der Waals surface area contributed by atoms with Crippen molar-refractivity contribution in [1.29, 1.82) is 0 Å². The van der Waals surface area contributed by atoms with Gasteiger partial charge in [0.05, 0.1) is 0 Å². The topological polar surface area (TPSA) is 75.9 Å². The summed E-state index contributed by atoms with van der Waals surface area (Å²) in [6, 6.07) is 0.354. The minimum atomic E-state index is 0.0493. The molecule has 0 bridgehead atoms. The average Bonchev–Trinajstić information content (AvgIpc) is 3.21. The number of aromatic nitrogens is 4. The maximum absolute atomic E-state index is 12.6. The Labute approximate surface area is 152 Å². The smallest absolute Gasteiger partial charge is 0.317 e. The zero-order valence-electron chi connectivity index (χ0n) is 14.9. The summed E-state index contributed by atoms with van der Waals surface area (Å²) < 4.78 is 2.16. The Balaban J connectivity index is 1.49. The summed E-state index contributed by atoms with van der Waals surface area (Å²) in [5.74, 6) is 1.03. The first-order valence-electron chi connectivity index (χ1n) is 8.94. The van der Waals surface area contributed by atoms with Gasteiger partial charge in [0.2, 0.25) is 0 Å².